The lowest BCUT2D eigenvalue weighted by atomic mass is 10.1. The number of fused-ring (bicyclic) bond motifs is 1. The first-order valence-electron chi connectivity index (χ1n) is 12.6. The van der Waals surface area contributed by atoms with Gasteiger partial charge in [-0.25, -0.2) is 26.9 Å². The van der Waals surface area contributed by atoms with Gasteiger partial charge in [0.1, 0.15) is 17.4 Å². The van der Waals surface area contributed by atoms with E-state index in [9.17, 15) is 36.8 Å². The average molecular weight is 577 g/mol. The molecule has 0 bridgehead atoms. The molecule has 0 spiro atoms. The summed E-state index contributed by atoms with van der Waals surface area (Å²) in [5.41, 5.74) is 0.222. The number of carbonyl (C=O) groups is 2. The predicted molar refractivity (Wildman–Crippen MR) is 138 cm³/mol. The van der Waals surface area contributed by atoms with Crippen LogP contribution in [0.15, 0.2) is 33.7 Å². The van der Waals surface area contributed by atoms with E-state index in [1.165, 1.54) is 4.90 Å². The van der Waals surface area contributed by atoms with Gasteiger partial charge < -0.3 is 20.0 Å². The molecule has 216 valence electrons. The average Bonchev–Trinajstić information content (AvgIpc) is 3.23. The fourth-order valence-corrected chi connectivity index (χ4v) is 4.48. The van der Waals surface area contributed by atoms with Crippen LogP contribution in [0.25, 0.3) is 11.0 Å². The number of benzene rings is 2. The second-order valence-electron chi connectivity index (χ2n) is 9.37. The minimum atomic E-state index is -2.26. The van der Waals surface area contributed by atoms with Crippen LogP contribution >= 0.6 is 0 Å². The number of halogens is 5. The van der Waals surface area contributed by atoms with E-state index in [1.54, 1.807) is 24.4 Å². The Labute approximate surface area is 231 Å². The summed E-state index contributed by atoms with van der Waals surface area (Å²) >= 11 is 0. The number of aliphatic imine (C=N–C) groups is 1. The van der Waals surface area contributed by atoms with Crippen LogP contribution in [-0.4, -0.2) is 48.3 Å². The number of amides is 2. The quantitative estimate of drug-likeness (QED) is 0.0743. The largest absolute Gasteiger partial charge is 0.461 e. The molecule has 9 nitrogen and oxygen atoms in total. The Morgan fingerprint density at radius 1 is 1.10 bits per heavy atom. The fraction of sp³-hybridized carbons (Fsp3) is 0.333. The molecular weight excluding hydrogens is 551 g/mol. The number of likely N-dealkylation sites (tertiary alicyclic amines) is 1. The van der Waals surface area contributed by atoms with Crippen LogP contribution in [0.4, 0.5) is 27.6 Å². The number of carbonyl (C=O) groups excluding carboxylic acids is 2. The molecule has 2 amide bonds. The SMILES string of the molecule is Cc1cc2cc(NC(=NC3CCCCN(CC(=O)NCCc4c(F)c(F)c(F)c(F)c4F)C3=O)NC#N)ccc2o1. The molecular formula is C27H25F5N6O3. The molecule has 4 rings (SSSR count). The van der Waals surface area contributed by atoms with Gasteiger partial charge in [0.2, 0.25) is 23.6 Å². The van der Waals surface area contributed by atoms with E-state index in [1.807, 2.05) is 13.0 Å². The summed E-state index contributed by atoms with van der Waals surface area (Å²) in [5, 5.41) is 17.8. The molecule has 1 fully saturated rings. The van der Waals surface area contributed by atoms with Crippen molar-refractivity contribution in [3.8, 4) is 6.19 Å². The third kappa shape index (κ3) is 6.74. The predicted octanol–water partition coefficient (Wildman–Crippen LogP) is 4.02. The van der Waals surface area contributed by atoms with Crippen LogP contribution in [0.2, 0.25) is 0 Å². The number of rotatable bonds is 7. The van der Waals surface area contributed by atoms with Crippen molar-refractivity contribution >= 4 is 34.4 Å². The van der Waals surface area contributed by atoms with Crippen LogP contribution in [0, 0.1) is 47.5 Å². The smallest absolute Gasteiger partial charge is 0.247 e. The van der Waals surface area contributed by atoms with Crippen molar-refractivity contribution in [2.24, 2.45) is 4.99 Å². The molecule has 41 heavy (non-hydrogen) atoms. The van der Waals surface area contributed by atoms with Crippen LogP contribution in [0.3, 0.4) is 0 Å². The van der Waals surface area contributed by atoms with Gasteiger partial charge in [0.15, 0.2) is 29.5 Å². The third-order valence-corrected chi connectivity index (χ3v) is 6.45. The Morgan fingerprint density at radius 2 is 1.80 bits per heavy atom. The van der Waals surface area contributed by atoms with E-state index < -0.39 is 72.0 Å². The maximum atomic E-state index is 13.9. The molecule has 3 N–H and O–H groups in total. The van der Waals surface area contributed by atoms with Crippen molar-refractivity contribution in [1.29, 1.82) is 5.26 Å². The highest BCUT2D eigenvalue weighted by molar-refractivity contribution is 5.98. The van der Waals surface area contributed by atoms with Crippen molar-refractivity contribution in [2.75, 3.05) is 25.0 Å². The Morgan fingerprint density at radius 3 is 2.51 bits per heavy atom. The maximum absolute atomic E-state index is 13.9. The molecule has 1 saturated heterocycles. The number of guanidine groups is 1. The van der Waals surface area contributed by atoms with Gasteiger partial charge in [-0.1, -0.05) is 0 Å². The van der Waals surface area contributed by atoms with Crippen LogP contribution in [-0.2, 0) is 16.0 Å². The van der Waals surface area contributed by atoms with Gasteiger partial charge >= 0.3 is 0 Å². The van der Waals surface area contributed by atoms with Gasteiger partial charge in [0.05, 0.1) is 6.54 Å². The van der Waals surface area contributed by atoms with E-state index in [0.717, 1.165) is 11.1 Å². The van der Waals surface area contributed by atoms with Crippen molar-refractivity contribution < 1.29 is 36.0 Å². The highest BCUT2D eigenvalue weighted by Gasteiger charge is 2.29. The Bertz CT molecular complexity index is 1520. The Balaban J connectivity index is 1.40. The monoisotopic (exact) mass is 576 g/mol. The minimum Gasteiger partial charge on any atom is -0.461 e. The molecule has 1 unspecified atom stereocenters. The lowest BCUT2D eigenvalue weighted by molar-refractivity contribution is -0.136. The summed E-state index contributed by atoms with van der Waals surface area (Å²) < 4.78 is 73.3. The van der Waals surface area contributed by atoms with Crippen LogP contribution < -0.4 is 16.0 Å². The first-order valence-corrected chi connectivity index (χ1v) is 12.6. The highest BCUT2D eigenvalue weighted by Crippen LogP contribution is 2.24. The van der Waals surface area contributed by atoms with Crippen molar-refractivity contribution in [1.82, 2.24) is 15.5 Å². The van der Waals surface area contributed by atoms with E-state index in [0.29, 0.717) is 30.5 Å². The van der Waals surface area contributed by atoms with Crippen molar-refractivity contribution in [2.45, 2.75) is 38.6 Å². The zero-order valence-electron chi connectivity index (χ0n) is 21.8. The molecule has 2 heterocycles. The highest BCUT2D eigenvalue weighted by atomic mass is 19.2. The number of furan rings is 1. The molecule has 3 aromatic rings. The first-order chi connectivity index (χ1) is 19.6. The number of anilines is 1. The summed E-state index contributed by atoms with van der Waals surface area (Å²) in [6.07, 6.45) is 2.66. The number of nitrogens with zero attached hydrogens (tertiary/aromatic N) is 3. The third-order valence-electron chi connectivity index (χ3n) is 6.45. The number of hydrogen-bond acceptors (Lipinski definition) is 5. The second-order valence-corrected chi connectivity index (χ2v) is 9.37. The van der Waals surface area contributed by atoms with Crippen LogP contribution in [0.5, 0.6) is 0 Å². The van der Waals surface area contributed by atoms with Gasteiger partial charge in [0.25, 0.3) is 0 Å². The molecule has 14 heteroatoms. The van der Waals surface area contributed by atoms with Crippen molar-refractivity contribution in [3.05, 3.63) is 64.7 Å². The Kier molecular flexibility index (Phi) is 9.06. The van der Waals surface area contributed by atoms with Crippen molar-refractivity contribution in [3.63, 3.8) is 0 Å². The fourth-order valence-electron chi connectivity index (χ4n) is 4.48. The first kappa shape index (κ1) is 29.3. The summed E-state index contributed by atoms with van der Waals surface area (Å²) in [5.74, 6) is -10.7. The van der Waals surface area contributed by atoms with E-state index in [2.05, 4.69) is 20.9 Å². The van der Waals surface area contributed by atoms with E-state index in [4.69, 9.17) is 4.42 Å². The minimum absolute atomic E-state index is 0.0273. The summed E-state index contributed by atoms with van der Waals surface area (Å²) in [6.45, 7) is 1.21. The maximum Gasteiger partial charge on any atom is 0.247 e. The van der Waals surface area contributed by atoms with Gasteiger partial charge in [-0.15, -0.1) is 0 Å². The second kappa shape index (κ2) is 12.7. The Hall–Kier alpha value is -4.67. The molecule has 1 aromatic heterocycles. The van der Waals surface area contributed by atoms with Gasteiger partial charge in [0, 0.05) is 29.7 Å². The van der Waals surface area contributed by atoms with Gasteiger partial charge in [-0.3, -0.25) is 14.9 Å². The zero-order valence-corrected chi connectivity index (χ0v) is 21.8. The molecule has 2 aromatic carbocycles. The summed E-state index contributed by atoms with van der Waals surface area (Å²) in [6, 6.07) is 6.19. The lowest BCUT2D eigenvalue weighted by Gasteiger charge is -2.22. The topological polar surface area (TPSA) is 123 Å². The lowest BCUT2D eigenvalue weighted by Crippen LogP contribution is -2.45. The van der Waals surface area contributed by atoms with Gasteiger partial charge in [-0.05, 0) is 56.9 Å². The summed E-state index contributed by atoms with van der Waals surface area (Å²) in [4.78, 5) is 31.4. The summed E-state index contributed by atoms with van der Waals surface area (Å²) in [7, 11) is 0. The van der Waals surface area contributed by atoms with E-state index >= 15 is 0 Å². The van der Waals surface area contributed by atoms with E-state index in [-0.39, 0.29) is 12.5 Å². The molecule has 0 aliphatic carbocycles. The zero-order chi connectivity index (χ0) is 29.7. The number of aryl methyl sites for hydroxylation is 1. The number of nitriles is 1. The molecule has 1 atom stereocenters. The standard InChI is InChI=1S/C27H25F5N6O3/c1-14-10-15-11-16(5-6-19(15)41-14)36-27(35-13-33)37-18-4-2-3-9-38(26(18)40)12-20(39)34-8-7-17-21(28)23(30)25(32)24(31)22(17)29/h5-6,10-11,18H,2-4,7-9,12H2,1H3,(H,34,39)(H2,35,36,37). The normalized spacial score (nSPS) is 15.9. The molecule has 1 aliphatic heterocycles. The van der Waals surface area contributed by atoms with Gasteiger partial charge in [-0.2, -0.15) is 5.26 Å². The number of nitrogens with one attached hydrogen (secondary N) is 3. The number of hydrogen-bond donors (Lipinski definition) is 3. The molecule has 1 aliphatic rings. The molecule has 0 saturated carbocycles. The van der Waals surface area contributed by atoms with Crippen LogP contribution in [0.1, 0.15) is 30.6 Å². The molecule has 0 radical (unpaired) electrons.